The predicted octanol–water partition coefficient (Wildman–Crippen LogP) is 5.07. The Bertz CT molecular complexity index is 549. The molecule has 1 aliphatic rings. The Balaban J connectivity index is 2.34. The van der Waals surface area contributed by atoms with E-state index in [1.807, 2.05) is 6.92 Å². The third kappa shape index (κ3) is 5.03. The fourth-order valence-electron chi connectivity index (χ4n) is 3.18. The van der Waals surface area contributed by atoms with E-state index in [2.05, 4.69) is 0 Å². The quantitative estimate of drug-likeness (QED) is 0.752. The molecule has 0 spiro atoms. The molecule has 8 heteroatoms. The molecule has 1 heterocycles. The number of anilines is 1. The summed E-state index contributed by atoms with van der Waals surface area (Å²) in [6.07, 6.45) is -6.40. The highest BCUT2D eigenvalue weighted by Gasteiger charge is 2.38. The minimum absolute atomic E-state index is 0.0458. The van der Waals surface area contributed by atoms with Crippen molar-refractivity contribution in [2.45, 2.75) is 51.0 Å². The van der Waals surface area contributed by atoms with Crippen LogP contribution in [0.4, 0.5) is 32.0 Å². The van der Waals surface area contributed by atoms with Crippen molar-refractivity contribution >= 4 is 5.69 Å². The Morgan fingerprint density at radius 1 is 1.04 bits per heavy atom. The van der Waals surface area contributed by atoms with Gasteiger partial charge in [0.2, 0.25) is 0 Å². The summed E-state index contributed by atoms with van der Waals surface area (Å²) in [7, 11) is 0. The van der Waals surface area contributed by atoms with Crippen molar-refractivity contribution in [3.63, 3.8) is 0 Å². The Labute approximate surface area is 143 Å². The summed E-state index contributed by atoms with van der Waals surface area (Å²) in [5.41, 5.74) is 3.47. The summed E-state index contributed by atoms with van der Waals surface area (Å²) in [4.78, 5) is 1.59. The molecule has 0 radical (unpaired) electrons. The van der Waals surface area contributed by atoms with E-state index in [9.17, 15) is 26.3 Å². The maximum atomic E-state index is 13.0. The highest BCUT2D eigenvalue weighted by Crippen LogP contribution is 2.39. The molecular formula is C17H22F6N2. The molecule has 1 fully saturated rings. The van der Waals surface area contributed by atoms with Crippen LogP contribution in [0.15, 0.2) is 18.2 Å². The normalized spacial score (nSPS) is 22.3. The fraction of sp³-hybridized carbons (Fsp3) is 0.647. The van der Waals surface area contributed by atoms with E-state index in [0.29, 0.717) is 19.5 Å². The molecule has 142 valence electrons. The summed E-state index contributed by atoms with van der Waals surface area (Å²) < 4.78 is 78.0. The molecule has 2 N–H and O–H groups in total. The van der Waals surface area contributed by atoms with Crippen LogP contribution >= 0.6 is 0 Å². The Morgan fingerprint density at radius 3 is 2.08 bits per heavy atom. The fourth-order valence-corrected chi connectivity index (χ4v) is 3.18. The van der Waals surface area contributed by atoms with Gasteiger partial charge in [0.25, 0.3) is 0 Å². The third-order valence-corrected chi connectivity index (χ3v) is 4.66. The summed E-state index contributed by atoms with van der Waals surface area (Å²) >= 11 is 0. The van der Waals surface area contributed by atoms with E-state index >= 15 is 0 Å². The molecule has 1 aliphatic heterocycles. The second-order valence-corrected chi connectivity index (χ2v) is 6.56. The van der Waals surface area contributed by atoms with Crippen LogP contribution < -0.4 is 10.6 Å². The first-order valence-electron chi connectivity index (χ1n) is 8.32. The van der Waals surface area contributed by atoms with Crippen molar-refractivity contribution in [3.05, 3.63) is 29.3 Å². The number of nitrogens with zero attached hydrogens (tertiary/aromatic N) is 1. The van der Waals surface area contributed by atoms with E-state index in [1.54, 1.807) is 4.90 Å². The largest absolute Gasteiger partial charge is 0.416 e. The van der Waals surface area contributed by atoms with Gasteiger partial charge in [-0.1, -0.05) is 19.8 Å². The number of halogens is 6. The monoisotopic (exact) mass is 368 g/mol. The van der Waals surface area contributed by atoms with Crippen LogP contribution in [0.2, 0.25) is 0 Å². The van der Waals surface area contributed by atoms with Crippen molar-refractivity contribution in [1.29, 1.82) is 0 Å². The van der Waals surface area contributed by atoms with Crippen molar-refractivity contribution in [1.82, 2.24) is 0 Å². The van der Waals surface area contributed by atoms with Gasteiger partial charge in [0, 0.05) is 24.8 Å². The van der Waals surface area contributed by atoms with Crippen LogP contribution in [0.25, 0.3) is 0 Å². The Kier molecular flexibility index (Phi) is 5.91. The first-order chi connectivity index (χ1) is 11.5. The first-order valence-corrected chi connectivity index (χ1v) is 8.32. The molecule has 2 rings (SSSR count). The molecule has 1 aromatic rings. The summed E-state index contributed by atoms with van der Waals surface area (Å²) in [5, 5.41) is 0. The van der Waals surface area contributed by atoms with Gasteiger partial charge in [-0.15, -0.1) is 0 Å². The number of piperidine rings is 1. The van der Waals surface area contributed by atoms with Crippen molar-refractivity contribution < 1.29 is 26.3 Å². The number of hydrogen-bond donors (Lipinski definition) is 1. The number of rotatable bonds is 4. The van der Waals surface area contributed by atoms with Gasteiger partial charge in [-0.25, -0.2) is 0 Å². The Morgan fingerprint density at radius 2 is 1.60 bits per heavy atom. The predicted molar refractivity (Wildman–Crippen MR) is 84.3 cm³/mol. The molecular weight excluding hydrogens is 346 g/mol. The molecule has 0 aliphatic carbocycles. The van der Waals surface area contributed by atoms with E-state index in [0.717, 1.165) is 31.4 Å². The van der Waals surface area contributed by atoms with Crippen LogP contribution in [0, 0.1) is 5.92 Å². The summed E-state index contributed by atoms with van der Waals surface area (Å²) in [6, 6.07) is 1.68. The molecule has 2 atom stereocenters. The number of hydrogen-bond acceptors (Lipinski definition) is 2. The maximum Gasteiger partial charge on any atom is 0.416 e. The number of unbranched alkanes of at least 4 members (excludes halogenated alkanes) is 1. The van der Waals surface area contributed by atoms with Crippen LogP contribution in [0.5, 0.6) is 0 Å². The summed E-state index contributed by atoms with van der Waals surface area (Å²) in [6.45, 7) is 2.75. The minimum atomic E-state index is -4.83. The van der Waals surface area contributed by atoms with Gasteiger partial charge >= 0.3 is 12.4 Å². The second kappa shape index (κ2) is 7.43. The Hall–Kier alpha value is -1.44. The smallest absolute Gasteiger partial charge is 0.371 e. The molecule has 0 unspecified atom stereocenters. The number of alkyl halides is 6. The number of benzene rings is 1. The average molecular weight is 368 g/mol. The molecule has 2 nitrogen and oxygen atoms in total. The van der Waals surface area contributed by atoms with E-state index in [-0.39, 0.29) is 23.7 Å². The van der Waals surface area contributed by atoms with Gasteiger partial charge in [-0.2, -0.15) is 26.3 Å². The van der Waals surface area contributed by atoms with Crippen LogP contribution in [0.3, 0.4) is 0 Å². The van der Waals surface area contributed by atoms with Gasteiger partial charge in [0.15, 0.2) is 0 Å². The van der Waals surface area contributed by atoms with Gasteiger partial charge < -0.3 is 10.6 Å². The second-order valence-electron chi connectivity index (χ2n) is 6.56. The van der Waals surface area contributed by atoms with Gasteiger partial charge in [-0.3, -0.25) is 0 Å². The van der Waals surface area contributed by atoms with E-state index in [1.165, 1.54) is 0 Å². The van der Waals surface area contributed by atoms with Crippen LogP contribution in [0.1, 0.15) is 43.7 Å². The van der Waals surface area contributed by atoms with E-state index in [4.69, 9.17) is 5.73 Å². The van der Waals surface area contributed by atoms with Crippen molar-refractivity contribution in [2.75, 3.05) is 18.0 Å². The van der Waals surface area contributed by atoms with Crippen molar-refractivity contribution in [2.24, 2.45) is 11.7 Å². The lowest BCUT2D eigenvalue weighted by Gasteiger charge is -2.38. The lowest BCUT2D eigenvalue weighted by Crippen LogP contribution is -2.47. The zero-order chi connectivity index (χ0) is 18.8. The van der Waals surface area contributed by atoms with Crippen molar-refractivity contribution in [3.8, 4) is 0 Å². The maximum absolute atomic E-state index is 13.0. The van der Waals surface area contributed by atoms with Gasteiger partial charge in [-0.05, 0) is 37.0 Å². The highest BCUT2D eigenvalue weighted by atomic mass is 19.4. The first kappa shape index (κ1) is 19.9. The average Bonchev–Trinajstić information content (AvgIpc) is 2.52. The third-order valence-electron chi connectivity index (χ3n) is 4.66. The molecule has 0 aromatic heterocycles. The van der Waals surface area contributed by atoms with Gasteiger partial charge in [0.05, 0.1) is 11.1 Å². The SMILES string of the molecule is CCCC[C@H]1CN(c2cc(C(F)(F)F)cc(C(F)(F)F)c2)CC[C@H]1N. The zero-order valence-electron chi connectivity index (χ0n) is 13.9. The highest BCUT2D eigenvalue weighted by molar-refractivity contribution is 5.53. The molecule has 1 saturated heterocycles. The summed E-state index contributed by atoms with van der Waals surface area (Å²) in [5.74, 6) is 0.0672. The topological polar surface area (TPSA) is 29.3 Å². The lowest BCUT2D eigenvalue weighted by molar-refractivity contribution is -0.143. The lowest BCUT2D eigenvalue weighted by atomic mass is 9.88. The van der Waals surface area contributed by atoms with E-state index < -0.39 is 23.5 Å². The molecule has 1 aromatic carbocycles. The zero-order valence-corrected chi connectivity index (χ0v) is 13.9. The standard InChI is InChI=1S/C17H22F6N2/c1-2-3-4-11-10-25(6-5-15(11)24)14-8-12(16(18,19)20)7-13(9-14)17(21,22)23/h7-9,11,15H,2-6,10,24H2,1H3/t11-,15+/m0/s1. The minimum Gasteiger partial charge on any atom is -0.371 e. The molecule has 0 bridgehead atoms. The van der Waals surface area contributed by atoms with Gasteiger partial charge in [0.1, 0.15) is 0 Å². The van der Waals surface area contributed by atoms with Crippen LogP contribution in [-0.4, -0.2) is 19.1 Å². The molecule has 25 heavy (non-hydrogen) atoms. The van der Waals surface area contributed by atoms with Crippen LogP contribution in [-0.2, 0) is 12.4 Å². The molecule has 0 saturated carbocycles. The molecule has 0 amide bonds. The number of nitrogens with two attached hydrogens (primary N) is 1.